The van der Waals surface area contributed by atoms with Gasteiger partial charge in [-0.3, -0.25) is 9.69 Å². The Kier molecular flexibility index (Phi) is 5.81. The first-order valence-corrected chi connectivity index (χ1v) is 7.52. The molecular formula is C15H31N3O. The largest absolute Gasteiger partial charge is 0.342 e. The monoisotopic (exact) mass is 269 g/mol. The molecule has 19 heavy (non-hydrogen) atoms. The van der Waals surface area contributed by atoms with Crippen LogP contribution < -0.4 is 5.73 Å². The van der Waals surface area contributed by atoms with Crippen LogP contribution in [0.2, 0.25) is 0 Å². The fourth-order valence-corrected chi connectivity index (χ4v) is 3.21. The van der Waals surface area contributed by atoms with Crippen LogP contribution in [0.15, 0.2) is 0 Å². The van der Waals surface area contributed by atoms with Crippen molar-refractivity contribution in [3.05, 3.63) is 0 Å². The van der Waals surface area contributed by atoms with E-state index in [2.05, 4.69) is 32.6 Å². The zero-order valence-electron chi connectivity index (χ0n) is 13.3. The van der Waals surface area contributed by atoms with E-state index in [0.29, 0.717) is 6.04 Å². The van der Waals surface area contributed by atoms with Gasteiger partial charge in [0.25, 0.3) is 0 Å². The molecule has 4 heteroatoms. The minimum absolute atomic E-state index is 0.167. The lowest BCUT2D eigenvalue weighted by atomic mass is 9.80. The molecule has 1 rings (SSSR count). The lowest BCUT2D eigenvalue weighted by Crippen LogP contribution is -2.55. The highest BCUT2D eigenvalue weighted by Crippen LogP contribution is 2.28. The van der Waals surface area contributed by atoms with Gasteiger partial charge in [-0.1, -0.05) is 27.7 Å². The summed E-state index contributed by atoms with van der Waals surface area (Å²) in [6.45, 7) is 14.3. The first-order valence-electron chi connectivity index (χ1n) is 7.52. The van der Waals surface area contributed by atoms with Crippen LogP contribution in [0.4, 0.5) is 0 Å². The molecule has 0 aromatic carbocycles. The van der Waals surface area contributed by atoms with E-state index in [4.69, 9.17) is 5.73 Å². The highest BCUT2D eigenvalue weighted by atomic mass is 16.2. The SMILES string of the molecule is CCC(N)C(N1CCCN(C(C)=O)CC1)C(C)(C)C. The van der Waals surface area contributed by atoms with Crippen molar-refractivity contribution in [3.63, 3.8) is 0 Å². The van der Waals surface area contributed by atoms with Gasteiger partial charge in [0.15, 0.2) is 0 Å². The van der Waals surface area contributed by atoms with Gasteiger partial charge in [0.1, 0.15) is 0 Å². The second-order valence-electron chi connectivity index (χ2n) is 6.78. The molecule has 112 valence electrons. The molecule has 4 nitrogen and oxygen atoms in total. The molecule has 0 aromatic heterocycles. The van der Waals surface area contributed by atoms with Crippen molar-refractivity contribution < 1.29 is 4.79 Å². The number of hydrogen-bond donors (Lipinski definition) is 1. The number of hydrogen-bond acceptors (Lipinski definition) is 3. The summed E-state index contributed by atoms with van der Waals surface area (Å²) in [6, 6.07) is 0.577. The average Bonchev–Trinajstić information content (AvgIpc) is 2.53. The Bertz CT molecular complexity index is 298. The Morgan fingerprint density at radius 2 is 1.84 bits per heavy atom. The van der Waals surface area contributed by atoms with E-state index in [1.54, 1.807) is 6.92 Å². The van der Waals surface area contributed by atoms with E-state index in [1.807, 2.05) is 4.90 Å². The molecule has 0 spiro atoms. The first kappa shape index (κ1) is 16.4. The maximum absolute atomic E-state index is 11.5. The molecule has 0 radical (unpaired) electrons. The highest BCUT2D eigenvalue weighted by molar-refractivity contribution is 5.73. The lowest BCUT2D eigenvalue weighted by molar-refractivity contribution is -0.128. The minimum Gasteiger partial charge on any atom is -0.342 e. The lowest BCUT2D eigenvalue weighted by Gasteiger charge is -2.43. The van der Waals surface area contributed by atoms with Crippen molar-refractivity contribution in [2.75, 3.05) is 26.2 Å². The van der Waals surface area contributed by atoms with Crippen LogP contribution in [-0.4, -0.2) is 54.0 Å². The molecule has 1 fully saturated rings. The fraction of sp³-hybridized carbons (Fsp3) is 0.933. The Morgan fingerprint density at radius 1 is 1.21 bits per heavy atom. The number of amides is 1. The second kappa shape index (κ2) is 6.71. The van der Waals surface area contributed by atoms with E-state index in [0.717, 1.165) is 39.0 Å². The van der Waals surface area contributed by atoms with E-state index in [-0.39, 0.29) is 17.4 Å². The van der Waals surface area contributed by atoms with Crippen molar-refractivity contribution in [1.29, 1.82) is 0 Å². The molecule has 2 unspecified atom stereocenters. The van der Waals surface area contributed by atoms with Gasteiger partial charge in [-0.05, 0) is 18.3 Å². The minimum atomic E-state index is 0.167. The van der Waals surface area contributed by atoms with Crippen molar-refractivity contribution in [3.8, 4) is 0 Å². The molecular weight excluding hydrogens is 238 g/mol. The normalized spacial score (nSPS) is 21.9. The van der Waals surface area contributed by atoms with Crippen molar-refractivity contribution in [2.24, 2.45) is 11.1 Å². The van der Waals surface area contributed by atoms with Crippen molar-refractivity contribution in [1.82, 2.24) is 9.80 Å². The summed E-state index contributed by atoms with van der Waals surface area (Å²) in [5.74, 6) is 0.189. The van der Waals surface area contributed by atoms with Gasteiger partial charge in [0.05, 0.1) is 0 Å². The number of rotatable bonds is 3. The Labute approximate surface area is 118 Å². The zero-order chi connectivity index (χ0) is 14.6. The summed E-state index contributed by atoms with van der Waals surface area (Å²) in [7, 11) is 0. The molecule has 1 amide bonds. The number of carbonyl (C=O) groups is 1. The maximum atomic E-state index is 11.5. The summed E-state index contributed by atoms with van der Waals surface area (Å²) in [4.78, 5) is 16.0. The van der Waals surface area contributed by atoms with Gasteiger partial charge < -0.3 is 10.6 Å². The van der Waals surface area contributed by atoms with E-state index < -0.39 is 0 Å². The van der Waals surface area contributed by atoms with Gasteiger partial charge in [0.2, 0.25) is 5.91 Å². The van der Waals surface area contributed by atoms with Crippen LogP contribution in [0.25, 0.3) is 0 Å². The van der Waals surface area contributed by atoms with E-state index in [1.165, 1.54) is 0 Å². The number of carbonyl (C=O) groups excluding carboxylic acids is 1. The third kappa shape index (κ3) is 4.46. The van der Waals surface area contributed by atoms with Crippen molar-refractivity contribution >= 4 is 5.91 Å². The summed E-state index contributed by atoms with van der Waals surface area (Å²) >= 11 is 0. The van der Waals surface area contributed by atoms with Gasteiger partial charge in [-0.25, -0.2) is 0 Å². The smallest absolute Gasteiger partial charge is 0.219 e. The number of nitrogens with zero attached hydrogens (tertiary/aromatic N) is 2. The van der Waals surface area contributed by atoms with E-state index in [9.17, 15) is 4.79 Å². The maximum Gasteiger partial charge on any atom is 0.219 e. The molecule has 0 aromatic rings. The molecule has 2 N–H and O–H groups in total. The van der Waals surface area contributed by atoms with Crippen LogP contribution in [0, 0.1) is 5.41 Å². The topological polar surface area (TPSA) is 49.6 Å². The summed E-state index contributed by atoms with van der Waals surface area (Å²) < 4.78 is 0. The predicted octanol–water partition coefficient (Wildman–Crippen LogP) is 1.69. The summed E-state index contributed by atoms with van der Waals surface area (Å²) in [6.07, 6.45) is 2.04. The highest BCUT2D eigenvalue weighted by Gasteiger charge is 2.35. The van der Waals surface area contributed by atoms with E-state index >= 15 is 0 Å². The molecule has 2 atom stereocenters. The average molecular weight is 269 g/mol. The molecule has 1 aliphatic rings. The predicted molar refractivity (Wildman–Crippen MR) is 80.0 cm³/mol. The molecule has 1 saturated heterocycles. The Balaban J connectivity index is 2.78. The first-order chi connectivity index (χ1) is 8.77. The quantitative estimate of drug-likeness (QED) is 0.848. The van der Waals surface area contributed by atoms with Crippen LogP contribution in [-0.2, 0) is 4.79 Å². The van der Waals surface area contributed by atoms with Gasteiger partial charge in [-0.15, -0.1) is 0 Å². The summed E-state index contributed by atoms with van der Waals surface area (Å²) in [5, 5.41) is 0. The zero-order valence-corrected chi connectivity index (χ0v) is 13.3. The van der Waals surface area contributed by atoms with Gasteiger partial charge >= 0.3 is 0 Å². The Hall–Kier alpha value is -0.610. The standard InChI is InChI=1S/C15H31N3O/c1-6-13(16)14(15(3,4)5)18-9-7-8-17(10-11-18)12(2)19/h13-14H,6-11,16H2,1-5H3. The van der Waals surface area contributed by atoms with Crippen LogP contribution in [0.3, 0.4) is 0 Å². The van der Waals surface area contributed by atoms with Crippen molar-refractivity contribution in [2.45, 2.75) is 59.5 Å². The third-order valence-corrected chi connectivity index (χ3v) is 4.13. The van der Waals surface area contributed by atoms with Gasteiger partial charge in [-0.2, -0.15) is 0 Å². The van der Waals surface area contributed by atoms with Crippen LogP contribution in [0.1, 0.15) is 47.5 Å². The summed E-state index contributed by atoms with van der Waals surface area (Å²) in [5.41, 5.74) is 6.52. The van der Waals surface area contributed by atoms with Crippen LogP contribution >= 0.6 is 0 Å². The molecule has 1 heterocycles. The molecule has 1 aliphatic heterocycles. The second-order valence-corrected chi connectivity index (χ2v) is 6.78. The third-order valence-electron chi connectivity index (χ3n) is 4.13. The molecule has 0 saturated carbocycles. The fourth-order valence-electron chi connectivity index (χ4n) is 3.21. The number of nitrogens with two attached hydrogens (primary N) is 1. The molecule has 0 aliphatic carbocycles. The van der Waals surface area contributed by atoms with Gasteiger partial charge in [0, 0.05) is 45.2 Å². The molecule has 0 bridgehead atoms. The van der Waals surface area contributed by atoms with Crippen LogP contribution in [0.5, 0.6) is 0 Å². The Morgan fingerprint density at radius 3 is 2.32 bits per heavy atom.